The number of ether oxygens (including phenoxy) is 1. The Morgan fingerprint density at radius 3 is 2.52 bits per heavy atom. The van der Waals surface area contributed by atoms with Crippen molar-refractivity contribution in [2.24, 2.45) is 28.6 Å². The highest BCUT2D eigenvalue weighted by Crippen LogP contribution is 2.63. The van der Waals surface area contributed by atoms with Crippen LogP contribution >= 0.6 is 0 Å². The standard InChI is InChI=1S/C23H38O4/c1-6-27-15-8-9-16(17(24)14-15)19(25)20-22(4)12-7-11-21(2,3)18(22)10-13-23(20,5)26/h14,16,18-20,25-26H,6-13H2,1-5H3/t16?,18-,19+,20+,22-,23-/m0/s1. The molecule has 27 heavy (non-hydrogen) atoms. The molecule has 1 unspecified atom stereocenters. The van der Waals surface area contributed by atoms with Crippen molar-refractivity contribution in [3.8, 4) is 0 Å². The Morgan fingerprint density at radius 2 is 1.89 bits per heavy atom. The number of carbonyl (C=O) groups excluding carboxylic acids is 1. The fourth-order valence-corrected chi connectivity index (χ4v) is 6.97. The molecular weight excluding hydrogens is 340 g/mol. The van der Waals surface area contributed by atoms with Gasteiger partial charge in [0.2, 0.25) is 0 Å². The molecule has 0 aliphatic heterocycles. The zero-order valence-electron chi connectivity index (χ0n) is 17.8. The molecule has 0 amide bonds. The van der Waals surface area contributed by atoms with Crippen molar-refractivity contribution in [1.82, 2.24) is 0 Å². The van der Waals surface area contributed by atoms with Gasteiger partial charge in [-0.2, -0.15) is 0 Å². The molecule has 2 saturated carbocycles. The number of hydrogen-bond acceptors (Lipinski definition) is 4. The molecule has 2 N–H and O–H groups in total. The number of allylic oxidation sites excluding steroid dienone is 2. The Hall–Kier alpha value is -0.870. The lowest BCUT2D eigenvalue weighted by Crippen LogP contribution is -2.62. The van der Waals surface area contributed by atoms with Gasteiger partial charge in [0.05, 0.1) is 24.1 Å². The molecule has 3 aliphatic carbocycles. The van der Waals surface area contributed by atoms with E-state index in [0.29, 0.717) is 31.8 Å². The second kappa shape index (κ2) is 7.18. The molecule has 6 atom stereocenters. The van der Waals surface area contributed by atoms with Gasteiger partial charge in [0.1, 0.15) is 0 Å². The van der Waals surface area contributed by atoms with Crippen molar-refractivity contribution in [2.75, 3.05) is 6.61 Å². The molecule has 0 aromatic carbocycles. The number of fused-ring (bicyclic) bond motifs is 1. The number of rotatable bonds is 4. The molecule has 4 nitrogen and oxygen atoms in total. The topological polar surface area (TPSA) is 66.8 Å². The van der Waals surface area contributed by atoms with Crippen molar-refractivity contribution in [2.45, 2.75) is 91.3 Å². The van der Waals surface area contributed by atoms with Crippen LogP contribution in [0.1, 0.15) is 79.6 Å². The first-order chi connectivity index (χ1) is 12.5. The smallest absolute Gasteiger partial charge is 0.164 e. The Labute approximate surface area is 164 Å². The fourth-order valence-electron chi connectivity index (χ4n) is 6.97. The minimum absolute atomic E-state index is 0.0474. The summed E-state index contributed by atoms with van der Waals surface area (Å²) in [4.78, 5) is 12.8. The number of ketones is 1. The molecule has 154 valence electrons. The largest absolute Gasteiger partial charge is 0.498 e. The lowest BCUT2D eigenvalue weighted by atomic mass is 9.44. The van der Waals surface area contributed by atoms with E-state index >= 15 is 0 Å². The summed E-state index contributed by atoms with van der Waals surface area (Å²) in [6.07, 6.45) is 7.06. The quantitative estimate of drug-likeness (QED) is 0.768. The zero-order valence-corrected chi connectivity index (χ0v) is 17.8. The van der Waals surface area contributed by atoms with Crippen LogP contribution in [0.4, 0.5) is 0 Å². The second-order valence-corrected chi connectivity index (χ2v) is 10.4. The third-order valence-electron chi connectivity index (χ3n) is 8.05. The van der Waals surface area contributed by atoms with Gasteiger partial charge in [-0.3, -0.25) is 4.79 Å². The van der Waals surface area contributed by atoms with E-state index in [-0.39, 0.29) is 22.5 Å². The van der Waals surface area contributed by atoms with Gasteiger partial charge in [0.25, 0.3) is 0 Å². The van der Waals surface area contributed by atoms with Crippen LogP contribution in [0.3, 0.4) is 0 Å². The predicted molar refractivity (Wildman–Crippen MR) is 106 cm³/mol. The first kappa shape index (κ1) is 20.9. The monoisotopic (exact) mass is 378 g/mol. The second-order valence-electron chi connectivity index (χ2n) is 10.4. The third kappa shape index (κ3) is 3.60. The highest BCUT2D eigenvalue weighted by molar-refractivity contribution is 5.93. The summed E-state index contributed by atoms with van der Waals surface area (Å²) >= 11 is 0. The number of carbonyl (C=O) groups is 1. The predicted octanol–water partition coefficient (Wildman–Crippen LogP) is 4.24. The normalized spacial score (nSPS) is 42.9. The minimum atomic E-state index is -0.942. The number of hydrogen-bond donors (Lipinski definition) is 2. The van der Waals surface area contributed by atoms with Crippen LogP contribution < -0.4 is 0 Å². The SMILES string of the molecule is CCOC1=CC(=O)C([C@@H](O)[C@@H]2[C@@]3(C)CCCC(C)(C)[C@@H]3CC[C@]2(C)O)CC1. The summed E-state index contributed by atoms with van der Waals surface area (Å²) in [6.45, 7) is 11.3. The van der Waals surface area contributed by atoms with Crippen LogP contribution in [-0.2, 0) is 9.53 Å². The highest BCUT2D eigenvalue weighted by atomic mass is 16.5. The van der Waals surface area contributed by atoms with Crippen molar-refractivity contribution < 1.29 is 19.7 Å². The molecule has 0 aromatic heterocycles. The Bertz CT molecular complexity index is 605. The molecule has 4 heteroatoms. The van der Waals surface area contributed by atoms with Crippen LogP contribution in [0.25, 0.3) is 0 Å². The summed E-state index contributed by atoms with van der Waals surface area (Å²) in [6, 6.07) is 0. The molecule has 0 bridgehead atoms. The molecule has 3 aliphatic rings. The summed E-state index contributed by atoms with van der Waals surface area (Å²) in [7, 11) is 0. The Morgan fingerprint density at radius 1 is 1.19 bits per heavy atom. The van der Waals surface area contributed by atoms with Crippen LogP contribution in [0.5, 0.6) is 0 Å². The molecule has 0 radical (unpaired) electrons. The van der Waals surface area contributed by atoms with Gasteiger partial charge in [0.15, 0.2) is 5.78 Å². The van der Waals surface area contributed by atoms with E-state index in [0.717, 1.165) is 25.0 Å². The molecule has 2 fully saturated rings. The van der Waals surface area contributed by atoms with E-state index in [1.54, 1.807) is 6.08 Å². The highest BCUT2D eigenvalue weighted by Gasteiger charge is 2.61. The van der Waals surface area contributed by atoms with E-state index < -0.39 is 17.6 Å². The first-order valence-electron chi connectivity index (χ1n) is 10.8. The van der Waals surface area contributed by atoms with Gasteiger partial charge in [-0.1, -0.05) is 27.2 Å². The van der Waals surface area contributed by atoms with Crippen molar-refractivity contribution in [1.29, 1.82) is 0 Å². The summed E-state index contributed by atoms with van der Waals surface area (Å²) in [5.74, 6) is 0.426. The summed E-state index contributed by atoms with van der Waals surface area (Å²) < 4.78 is 5.51. The molecule has 0 heterocycles. The van der Waals surface area contributed by atoms with Crippen molar-refractivity contribution in [3.05, 3.63) is 11.8 Å². The van der Waals surface area contributed by atoms with E-state index in [9.17, 15) is 15.0 Å². The first-order valence-corrected chi connectivity index (χ1v) is 10.8. The van der Waals surface area contributed by atoms with Gasteiger partial charge < -0.3 is 14.9 Å². The molecule has 0 spiro atoms. The maximum atomic E-state index is 12.8. The molecular formula is C23H38O4. The van der Waals surface area contributed by atoms with E-state index in [4.69, 9.17) is 4.74 Å². The van der Waals surface area contributed by atoms with E-state index in [1.807, 2.05) is 13.8 Å². The van der Waals surface area contributed by atoms with Gasteiger partial charge in [-0.25, -0.2) is 0 Å². The average molecular weight is 379 g/mol. The van der Waals surface area contributed by atoms with Crippen LogP contribution in [0.2, 0.25) is 0 Å². The fraction of sp³-hybridized carbons (Fsp3) is 0.870. The van der Waals surface area contributed by atoms with E-state index in [2.05, 4.69) is 20.8 Å². The molecule has 0 aromatic rings. The van der Waals surface area contributed by atoms with E-state index in [1.165, 1.54) is 6.42 Å². The summed E-state index contributed by atoms with van der Waals surface area (Å²) in [5.41, 5.74) is -0.879. The summed E-state index contributed by atoms with van der Waals surface area (Å²) in [5, 5.41) is 22.8. The van der Waals surface area contributed by atoms with Gasteiger partial charge in [0, 0.05) is 24.3 Å². The number of aliphatic hydroxyl groups is 2. The van der Waals surface area contributed by atoms with Crippen LogP contribution in [-0.4, -0.2) is 34.3 Å². The zero-order chi connectivity index (χ0) is 20.0. The van der Waals surface area contributed by atoms with Crippen LogP contribution in [0, 0.1) is 28.6 Å². The van der Waals surface area contributed by atoms with Gasteiger partial charge in [-0.15, -0.1) is 0 Å². The lowest BCUT2D eigenvalue weighted by molar-refractivity contribution is -0.207. The molecule has 0 saturated heterocycles. The Balaban J connectivity index is 1.91. The van der Waals surface area contributed by atoms with Gasteiger partial charge >= 0.3 is 0 Å². The van der Waals surface area contributed by atoms with Crippen LogP contribution in [0.15, 0.2) is 11.8 Å². The van der Waals surface area contributed by atoms with Gasteiger partial charge in [-0.05, 0) is 62.7 Å². The lowest BCUT2D eigenvalue weighted by Gasteiger charge is -2.62. The van der Waals surface area contributed by atoms with Crippen molar-refractivity contribution in [3.63, 3.8) is 0 Å². The maximum Gasteiger partial charge on any atom is 0.164 e. The third-order valence-corrected chi connectivity index (χ3v) is 8.05. The average Bonchev–Trinajstić information content (AvgIpc) is 2.53. The molecule has 3 rings (SSSR count). The maximum absolute atomic E-state index is 12.8. The Kier molecular flexibility index (Phi) is 5.55. The minimum Gasteiger partial charge on any atom is -0.498 e. The van der Waals surface area contributed by atoms with Crippen molar-refractivity contribution >= 4 is 5.78 Å². The number of aliphatic hydroxyl groups excluding tert-OH is 1.